The summed E-state index contributed by atoms with van der Waals surface area (Å²) in [5, 5.41) is 8.76. The fourth-order valence-electron chi connectivity index (χ4n) is 1.79. The number of hydrogen-bond donors (Lipinski definition) is 1. The van der Waals surface area contributed by atoms with E-state index in [0.717, 1.165) is 12.8 Å². The largest absolute Gasteiger partial charge is 0.478 e. The highest BCUT2D eigenvalue weighted by Crippen LogP contribution is 2.10. The molecule has 0 atom stereocenters. The Morgan fingerprint density at radius 3 is 2.35 bits per heavy atom. The van der Waals surface area contributed by atoms with E-state index < -0.39 is 5.97 Å². The molecule has 0 heterocycles. The van der Waals surface area contributed by atoms with Crippen LogP contribution in [-0.2, 0) is 6.42 Å². The molecule has 0 bridgehead atoms. The van der Waals surface area contributed by atoms with Gasteiger partial charge >= 0.3 is 5.97 Å². The smallest absolute Gasteiger partial charge is 0.335 e. The van der Waals surface area contributed by atoms with Crippen LogP contribution in [0.3, 0.4) is 0 Å². The van der Waals surface area contributed by atoms with Crippen LogP contribution >= 0.6 is 0 Å². The van der Waals surface area contributed by atoms with Gasteiger partial charge in [-0.15, -0.1) is 6.58 Å². The van der Waals surface area contributed by atoms with Crippen LogP contribution in [0.5, 0.6) is 0 Å². The molecule has 1 rings (SSSR count). The van der Waals surface area contributed by atoms with E-state index in [-0.39, 0.29) is 0 Å². The van der Waals surface area contributed by atoms with Crippen molar-refractivity contribution in [3.05, 3.63) is 48.0 Å². The summed E-state index contributed by atoms with van der Waals surface area (Å²) >= 11 is 0. The van der Waals surface area contributed by atoms with E-state index in [0.29, 0.717) is 5.56 Å². The molecule has 0 saturated heterocycles. The molecule has 0 amide bonds. The van der Waals surface area contributed by atoms with Gasteiger partial charge in [0.05, 0.1) is 5.56 Å². The third-order valence-electron chi connectivity index (χ3n) is 2.82. The summed E-state index contributed by atoms with van der Waals surface area (Å²) in [7, 11) is 0. The maximum atomic E-state index is 10.7. The maximum absolute atomic E-state index is 10.7. The van der Waals surface area contributed by atoms with Crippen molar-refractivity contribution in [2.24, 2.45) is 0 Å². The molecule has 0 fully saturated rings. The van der Waals surface area contributed by atoms with E-state index in [1.807, 2.05) is 18.2 Å². The number of hydrogen-bond acceptors (Lipinski definition) is 1. The summed E-state index contributed by atoms with van der Waals surface area (Å²) in [4.78, 5) is 10.7. The SMILES string of the molecule is C=CCCCCCCc1ccc(C(=O)O)cc1. The van der Waals surface area contributed by atoms with Crippen molar-refractivity contribution in [3.63, 3.8) is 0 Å². The average Bonchev–Trinajstić information content (AvgIpc) is 2.34. The van der Waals surface area contributed by atoms with Crippen molar-refractivity contribution in [1.82, 2.24) is 0 Å². The van der Waals surface area contributed by atoms with Gasteiger partial charge in [-0.1, -0.05) is 31.1 Å². The Morgan fingerprint density at radius 2 is 1.76 bits per heavy atom. The Hall–Kier alpha value is -1.57. The number of allylic oxidation sites excluding steroid dienone is 1. The predicted octanol–water partition coefficient (Wildman–Crippen LogP) is 4.06. The molecule has 1 N–H and O–H groups in total. The van der Waals surface area contributed by atoms with E-state index in [4.69, 9.17) is 5.11 Å². The van der Waals surface area contributed by atoms with Gasteiger partial charge in [0.25, 0.3) is 0 Å². The molecular formula is C15H20O2. The molecule has 0 unspecified atom stereocenters. The summed E-state index contributed by atoms with van der Waals surface area (Å²) in [5.74, 6) is -0.860. The average molecular weight is 232 g/mol. The van der Waals surface area contributed by atoms with Crippen molar-refractivity contribution < 1.29 is 9.90 Å². The third kappa shape index (κ3) is 5.34. The molecule has 2 heteroatoms. The van der Waals surface area contributed by atoms with E-state index in [9.17, 15) is 4.79 Å². The summed E-state index contributed by atoms with van der Waals surface area (Å²) in [6.45, 7) is 3.70. The van der Waals surface area contributed by atoms with Crippen molar-refractivity contribution >= 4 is 5.97 Å². The minimum atomic E-state index is -0.860. The van der Waals surface area contributed by atoms with Gasteiger partial charge < -0.3 is 5.11 Å². The number of benzene rings is 1. The highest BCUT2D eigenvalue weighted by Gasteiger charge is 2.01. The topological polar surface area (TPSA) is 37.3 Å². The van der Waals surface area contributed by atoms with Gasteiger partial charge in [0.2, 0.25) is 0 Å². The van der Waals surface area contributed by atoms with Crippen LogP contribution in [0.15, 0.2) is 36.9 Å². The lowest BCUT2D eigenvalue weighted by molar-refractivity contribution is 0.0697. The Bertz CT molecular complexity index is 352. The number of carboxylic acids is 1. The second-order valence-corrected chi connectivity index (χ2v) is 4.24. The number of carbonyl (C=O) groups is 1. The highest BCUT2D eigenvalue weighted by atomic mass is 16.4. The second-order valence-electron chi connectivity index (χ2n) is 4.24. The molecule has 17 heavy (non-hydrogen) atoms. The van der Waals surface area contributed by atoms with Crippen LogP contribution < -0.4 is 0 Å². The summed E-state index contributed by atoms with van der Waals surface area (Å²) < 4.78 is 0. The first-order valence-electron chi connectivity index (χ1n) is 6.17. The van der Waals surface area contributed by atoms with Gasteiger partial charge in [-0.05, 0) is 43.4 Å². The van der Waals surface area contributed by atoms with E-state index >= 15 is 0 Å². The molecule has 0 saturated carbocycles. The molecule has 0 spiro atoms. The number of rotatable bonds is 8. The second kappa shape index (κ2) is 7.66. The molecule has 1 aromatic carbocycles. The Kier molecular flexibility index (Phi) is 6.08. The van der Waals surface area contributed by atoms with Gasteiger partial charge in [0.15, 0.2) is 0 Å². The first kappa shape index (κ1) is 13.5. The van der Waals surface area contributed by atoms with Gasteiger partial charge in [0, 0.05) is 0 Å². The normalized spacial score (nSPS) is 10.1. The van der Waals surface area contributed by atoms with E-state index in [1.165, 1.54) is 31.2 Å². The number of unbranched alkanes of at least 4 members (excludes halogenated alkanes) is 4. The standard InChI is InChI=1S/C15H20O2/c1-2-3-4-5-6-7-8-13-9-11-14(12-10-13)15(16)17/h2,9-12H,1,3-8H2,(H,16,17). The lowest BCUT2D eigenvalue weighted by Crippen LogP contribution is -1.96. The number of aromatic carboxylic acids is 1. The molecule has 0 aliphatic rings. The number of carboxylic acid groups (broad SMARTS) is 1. The summed E-state index contributed by atoms with van der Waals surface area (Å²) in [6, 6.07) is 7.17. The molecule has 0 aromatic heterocycles. The zero-order valence-corrected chi connectivity index (χ0v) is 10.2. The monoisotopic (exact) mass is 232 g/mol. The number of aryl methyl sites for hydroxylation is 1. The van der Waals surface area contributed by atoms with Crippen LogP contribution in [0, 0.1) is 0 Å². The minimum Gasteiger partial charge on any atom is -0.478 e. The predicted molar refractivity (Wildman–Crippen MR) is 70.4 cm³/mol. The van der Waals surface area contributed by atoms with Crippen LogP contribution in [0.1, 0.15) is 48.0 Å². The lowest BCUT2D eigenvalue weighted by Gasteiger charge is -2.02. The molecule has 1 aromatic rings. The molecule has 2 nitrogen and oxygen atoms in total. The molecule has 0 aliphatic carbocycles. The zero-order valence-electron chi connectivity index (χ0n) is 10.2. The molecule has 0 aliphatic heterocycles. The highest BCUT2D eigenvalue weighted by molar-refractivity contribution is 5.87. The summed E-state index contributed by atoms with van der Waals surface area (Å²) in [6.07, 6.45) is 8.98. The van der Waals surface area contributed by atoms with Crippen molar-refractivity contribution in [1.29, 1.82) is 0 Å². The minimum absolute atomic E-state index is 0.361. The van der Waals surface area contributed by atoms with Crippen molar-refractivity contribution in [2.45, 2.75) is 38.5 Å². The molecule has 0 radical (unpaired) electrons. The maximum Gasteiger partial charge on any atom is 0.335 e. The Balaban J connectivity index is 2.23. The first-order chi connectivity index (χ1) is 8.24. The summed E-state index contributed by atoms with van der Waals surface area (Å²) in [5.41, 5.74) is 1.58. The van der Waals surface area contributed by atoms with E-state index in [2.05, 4.69) is 6.58 Å². The van der Waals surface area contributed by atoms with Crippen molar-refractivity contribution in [2.75, 3.05) is 0 Å². The van der Waals surface area contributed by atoms with Crippen LogP contribution in [0.25, 0.3) is 0 Å². The lowest BCUT2D eigenvalue weighted by atomic mass is 10.0. The fraction of sp³-hybridized carbons (Fsp3) is 0.400. The van der Waals surface area contributed by atoms with Crippen LogP contribution in [0.2, 0.25) is 0 Å². The van der Waals surface area contributed by atoms with Crippen LogP contribution in [-0.4, -0.2) is 11.1 Å². The van der Waals surface area contributed by atoms with E-state index in [1.54, 1.807) is 12.1 Å². The van der Waals surface area contributed by atoms with Crippen molar-refractivity contribution in [3.8, 4) is 0 Å². The van der Waals surface area contributed by atoms with Gasteiger partial charge in [-0.25, -0.2) is 4.79 Å². The Morgan fingerprint density at radius 1 is 1.12 bits per heavy atom. The fourth-order valence-corrected chi connectivity index (χ4v) is 1.79. The zero-order chi connectivity index (χ0) is 12.5. The van der Waals surface area contributed by atoms with Gasteiger partial charge in [0.1, 0.15) is 0 Å². The first-order valence-corrected chi connectivity index (χ1v) is 6.17. The third-order valence-corrected chi connectivity index (χ3v) is 2.82. The molecular weight excluding hydrogens is 212 g/mol. The van der Waals surface area contributed by atoms with Gasteiger partial charge in [-0.2, -0.15) is 0 Å². The van der Waals surface area contributed by atoms with Gasteiger partial charge in [-0.3, -0.25) is 0 Å². The van der Waals surface area contributed by atoms with Crippen LogP contribution in [0.4, 0.5) is 0 Å². The quantitative estimate of drug-likeness (QED) is 0.542. The molecule has 92 valence electrons. The Labute approximate surface area is 103 Å².